The number of esters is 1. The second kappa shape index (κ2) is 8.98. The third-order valence-electron chi connectivity index (χ3n) is 5.52. The predicted octanol–water partition coefficient (Wildman–Crippen LogP) is 6.21. The van der Waals surface area contributed by atoms with Gasteiger partial charge in [-0.3, -0.25) is 4.79 Å². The minimum Gasteiger partial charge on any atom is -0.468 e. The van der Waals surface area contributed by atoms with E-state index in [9.17, 15) is 9.18 Å². The summed E-state index contributed by atoms with van der Waals surface area (Å²) in [5.74, 6) is -0.822. The first-order valence-electron chi connectivity index (χ1n) is 9.03. The van der Waals surface area contributed by atoms with E-state index in [0.717, 1.165) is 12.8 Å². The van der Waals surface area contributed by atoms with Gasteiger partial charge in [0.2, 0.25) is 0 Å². The summed E-state index contributed by atoms with van der Waals surface area (Å²) in [5, 5.41) is 0.174. The molecule has 0 aliphatic heterocycles. The van der Waals surface area contributed by atoms with E-state index in [1.807, 2.05) is 0 Å². The summed E-state index contributed by atoms with van der Waals surface area (Å²) in [6, 6.07) is 5.02. The number of benzene rings is 1. The summed E-state index contributed by atoms with van der Waals surface area (Å²) < 4.78 is 26.1. The van der Waals surface area contributed by atoms with Gasteiger partial charge in [-0.2, -0.15) is 0 Å². The van der Waals surface area contributed by atoms with Gasteiger partial charge in [0.15, 0.2) is 8.32 Å². The minimum atomic E-state index is -1.77. The van der Waals surface area contributed by atoms with Crippen molar-refractivity contribution >= 4 is 30.2 Å². The van der Waals surface area contributed by atoms with Crippen LogP contribution in [0.4, 0.5) is 4.39 Å². The van der Waals surface area contributed by atoms with E-state index in [4.69, 9.17) is 9.16 Å². The quantitative estimate of drug-likeness (QED) is 0.270. The number of hydrogen-bond acceptors (Lipinski definition) is 3. The molecule has 0 aliphatic carbocycles. The topological polar surface area (TPSA) is 35.5 Å². The molecule has 1 atom stereocenters. The van der Waals surface area contributed by atoms with E-state index < -0.39 is 25.5 Å². The zero-order valence-corrected chi connectivity index (χ0v) is 19.6. The molecular weight excluding hydrogens is 415 g/mol. The fraction of sp³-hybridized carbons (Fsp3) is 0.650. The first-order chi connectivity index (χ1) is 11.9. The third-order valence-corrected chi connectivity index (χ3v) is 10.7. The molecule has 148 valence electrons. The molecule has 0 heterocycles. The monoisotopic (exact) mass is 446 g/mol. The molecule has 0 saturated carbocycles. The molecule has 0 spiro atoms. The lowest BCUT2D eigenvalue weighted by Crippen LogP contribution is -2.41. The SMILES string of the molecule is COC(=O)C(C)(CCCCO[Si](C)(C)C(C)(C)C)c1cccc(Br)c1F. The lowest BCUT2D eigenvalue weighted by Gasteiger charge is -2.36. The number of unbranched alkanes of at least 4 members (excludes halogenated alkanes) is 1. The summed E-state index contributed by atoms with van der Waals surface area (Å²) in [5.41, 5.74) is -0.649. The molecule has 3 nitrogen and oxygen atoms in total. The Labute approximate surface area is 166 Å². The number of hydrogen-bond donors (Lipinski definition) is 0. The van der Waals surface area contributed by atoms with Crippen LogP contribution >= 0.6 is 15.9 Å². The van der Waals surface area contributed by atoms with Crippen molar-refractivity contribution in [2.75, 3.05) is 13.7 Å². The van der Waals surface area contributed by atoms with E-state index in [1.165, 1.54) is 7.11 Å². The minimum absolute atomic E-state index is 0.174. The zero-order valence-electron chi connectivity index (χ0n) is 17.0. The lowest BCUT2D eigenvalue weighted by molar-refractivity contribution is -0.147. The van der Waals surface area contributed by atoms with Gasteiger partial charge < -0.3 is 9.16 Å². The van der Waals surface area contributed by atoms with Crippen LogP contribution in [0, 0.1) is 5.82 Å². The molecule has 1 aromatic rings. The molecule has 0 amide bonds. The van der Waals surface area contributed by atoms with Crippen LogP contribution < -0.4 is 0 Å². The van der Waals surface area contributed by atoms with E-state index in [-0.39, 0.29) is 5.04 Å². The summed E-state index contributed by atoms with van der Waals surface area (Å²) in [7, 11) is -0.423. The van der Waals surface area contributed by atoms with Crippen LogP contribution in [-0.2, 0) is 19.4 Å². The molecule has 1 unspecified atom stereocenters. The molecule has 26 heavy (non-hydrogen) atoms. The highest BCUT2D eigenvalue weighted by atomic mass is 79.9. The van der Waals surface area contributed by atoms with Crippen LogP contribution in [0.25, 0.3) is 0 Å². The fourth-order valence-electron chi connectivity index (χ4n) is 2.63. The van der Waals surface area contributed by atoms with Crippen molar-refractivity contribution in [3.05, 3.63) is 34.1 Å². The molecule has 0 aromatic heterocycles. The van der Waals surface area contributed by atoms with Crippen molar-refractivity contribution < 1.29 is 18.3 Å². The summed E-state index contributed by atoms with van der Waals surface area (Å²) in [6.07, 6.45) is 2.09. The first kappa shape index (κ1) is 23.3. The average molecular weight is 447 g/mol. The molecule has 1 rings (SSSR count). The largest absolute Gasteiger partial charge is 0.468 e. The van der Waals surface area contributed by atoms with Gasteiger partial charge in [-0.1, -0.05) is 32.9 Å². The van der Waals surface area contributed by atoms with Crippen molar-refractivity contribution in [3.8, 4) is 0 Å². The number of ether oxygens (including phenoxy) is 1. The van der Waals surface area contributed by atoms with Crippen LogP contribution in [0.2, 0.25) is 18.1 Å². The van der Waals surface area contributed by atoms with Gasteiger partial charge in [0, 0.05) is 12.2 Å². The van der Waals surface area contributed by atoms with Crippen molar-refractivity contribution in [1.82, 2.24) is 0 Å². The van der Waals surface area contributed by atoms with Gasteiger partial charge in [0.05, 0.1) is 17.0 Å². The molecule has 0 fully saturated rings. The molecule has 0 N–H and O–H groups in total. The molecule has 6 heteroatoms. The van der Waals surface area contributed by atoms with Crippen LogP contribution in [0.15, 0.2) is 22.7 Å². The maximum atomic E-state index is 14.6. The Hall–Kier alpha value is -0.723. The third kappa shape index (κ3) is 5.39. The Balaban J connectivity index is 2.79. The Bertz CT molecular complexity index is 628. The fourth-order valence-corrected chi connectivity index (χ4v) is 4.08. The Kier molecular flexibility index (Phi) is 8.05. The Morgan fingerprint density at radius 2 is 1.81 bits per heavy atom. The lowest BCUT2D eigenvalue weighted by atomic mass is 9.78. The van der Waals surface area contributed by atoms with Crippen LogP contribution in [0.3, 0.4) is 0 Å². The number of carbonyl (C=O) groups is 1. The molecular formula is C20H32BrFO3Si. The highest BCUT2D eigenvalue weighted by molar-refractivity contribution is 9.10. The number of rotatable bonds is 8. The summed E-state index contributed by atoms with van der Waals surface area (Å²) >= 11 is 3.20. The van der Waals surface area contributed by atoms with Gasteiger partial charge >= 0.3 is 5.97 Å². The van der Waals surface area contributed by atoms with Crippen LogP contribution in [0.5, 0.6) is 0 Å². The number of methoxy groups -OCH3 is 1. The number of carbonyl (C=O) groups excluding carboxylic acids is 1. The van der Waals surface area contributed by atoms with Gasteiger partial charge in [-0.25, -0.2) is 4.39 Å². The molecule has 0 aliphatic rings. The Morgan fingerprint density at radius 3 is 2.35 bits per heavy atom. The maximum absolute atomic E-state index is 14.6. The summed E-state index contributed by atoms with van der Waals surface area (Å²) in [6.45, 7) is 13.5. The predicted molar refractivity (Wildman–Crippen MR) is 110 cm³/mol. The first-order valence-corrected chi connectivity index (χ1v) is 12.7. The average Bonchev–Trinajstić information content (AvgIpc) is 2.54. The standard InChI is InChI=1S/C20H32BrFO3Si/c1-19(2,3)26(6,7)25-14-9-8-13-20(4,18(23)24-5)15-11-10-12-16(21)17(15)22/h10-12H,8-9,13-14H2,1-7H3. The maximum Gasteiger partial charge on any atom is 0.316 e. The van der Waals surface area contributed by atoms with E-state index >= 15 is 0 Å². The Morgan fingerprint density at radius 1 is 1.19 bits per heavy atom. The van der Waals surface area contributed by atoms with E-state index in [0.29, 0.717) is 23.1 Å². The highest BCUT2D eigenvalue weighted by Crippen LogP contribution is 2.37. The smallest absolute Gasteiger partial charge is 0.316 e. The van der Waals surface area contributed by atoms with E-state index in [2.05, 4.69) is 49.8 Å². The van der Waals surface area contributed by atoms with Crippen LogP contribution in [-0.4, -0.2) is 28.0 Å². The normalized spacial score (nSPS) is 14.8. The van der Waals surface area contributed by atoms with Crippen molar-refractivity contribution in [2.24, 2.45) is 0 Å². The second-order valence-electron chi connectivity index (χ2n) is 8.49. The van der Waals surface area contributed by atoms with Gasteiger partial charge in [0.25, 0.3) is 0 Å². The summed E-state index contributed by atoms with van der Waals surface area (Å²) in [4.78, 5) is 12.4. The second-order valence-corrected chi connectivity index (χ2v) is 14.2. The van der Waals surface area contributed by atoms with Crippen molar-refractivity contribution in [3.63, 3.8) is 0 Å². The molecule has 0 bridgehead atoms. The van der Waals surface area contributed by atoms with Gasteiger partial charge in [-0.05, 0) is 66.3 Å². The van der Waals surface area contributed by atoms with Gasteiger partial charge in [0.1, 0.15) is 5.82 Å². The van der Waals surface area contributed by atoms with Crippen LogP contribution in [0.1, 0.15) is 52.5 Å². The molecule has 1 aromatic carbocycles. The molecule has 0 saturated heterocycles. The van der Waals surface area contributed by atoms with E-state index in [1.54, 1.807) is 25.1 Å². The number of halogens is 2. The van der Waals surface area contributed by atoms with Gasteiger partial charge in [-0.15, -0.1) is 0 Å². The van der Waals surface area contributed by atoms with Crippen molar-refractivity contribution in [1.29, 1.82) is 0 Å². The zero-order chi connectivity index (χ0) is 20.2. The molecule has 0 radical (unpaired) electrons. The van der Waals surface area contributed by atoms with Crippen molar-refractivity contribution in [2.45, 2.75) is 70.5 Å². The highest BCUT2D eigenvalue weighted by Gasteiger charge is 2.39.